The van der Waals surface area contributed by atoms with Crippen molar-refractivity contribution >= 4 is 10.0 Å². The van der Waals surface area contributed by atoms with E-state index in [1.54, 1.807) is 0 Å². The third-order valence-corrected chi connectivity index (χ3v) is 5.24. The van der Waals surface area contributed by atoms with E-state index in [1.807, 2.05) is 0 Å². The monoisotopic (exact) mass is 305 g/mol. The minimum atomic E-state index is -3.12. The van der Waals surface area contributed by atoms with Crippen LogP contribution in [0.1, 0.15) is 46.5 Å². The van der Waals surface area contributed by atoms with E-state index in [0.717, 1.165) is 13.0 Å². The van der Waals surface area contributed by atoms with Gasteiger partial charge >= 0.3 is 0 Å². The minimum Gasteiger partial charge on any atom is -0.315 e. The molecule has 1 unspecified atom stereocenters. The second kappa shape index (κ2) is 8.32. The van der Waals surface area contributed by atoms with Crippen molar-refractivity contribution in [1.29, 1.82) is 0 Å². The molecular weight excluding hydrogens is 274 g/mol. The summed E-state index contributed by atoms with van der Waals surface area (Å²) in [7, 11) is -1.04. The Balaban J connectivity index is 2.13. The van der Waals surface area contributed by atoms with Gasteiger partial charge in [0, 0.05) is 24.7 Å². The highest BCUT2D eigenvalue weighted by Gasteiger charge is 2.29. The van der Waals surface area contributed by atoms with Gasteiger partial charge in [0.05, 0.1) is 5.75 Å². The summed E-state index contributed by atoms with van der Waals surface area (Å²) in [6, 6.07) is 1.39. The predicted octanol–water partition coefficient (Wildman–Crippen LogP) is 1.17. The molecule has 1 atom stereocenters. The van der Waals surface area contributed by atoms with Crippen LogP contribution in [0.4, 0.5) is 0 Å². The summed E-state index contributed by atoms with van der Waals surface area (Å²) in [4.78, 5) is 2.27. The molecule has 0 saturated heterocycles. The van der Waals surface area contributed by atoms with E-state index in [0.29, 0.717) is 25.0 Å². The first-order valence-corrected chi connectivity index (χ1v) is 9.39. The highest BCUT2D eigenvalue weighted by atomic mass is 32.2. The summed E-state index contributed by atoms with van der Waals surface area (Å²) >= 11 is 0. The summed E-state index contributed by atoms with van der Waals surface area (Å²) < 4.78 is 26.5. The fraction of sp³-hybridized carbons (Fsp3) is 1.00. The fourth-order valence-corrected chi connectivity index (χ4v) is 3.34. The fourth-order valence-electron chi connectivity index (χ4n) is 2.11. The van der Waals surface area contributed by atoms with Crippen LogP contribution in [-0.2, 0) is 10.0 Å². The standard InChI is InChI=1S/C14H31N3O2S/c1-12(2)15-9-5-6-10-20(18,19)16-11-13(3)17(4)14-7-8-14/h12-16H,5-11H2,1-4H3. The Bertz CT molecular complexity index is 367. The molecule has 0 spiro atoms. The van der Waals surface area contributed by atoms with Crippen LogP contribution in [0.15, 0.2) is 0 Å². The topological polar surface area (TPSA) is 61.4 Å². The Morgan fingerprint density at radius 1 is 1.20 bits per heavy atom. The smallest absolute Gasteiger partial charge is 0.211 e. The molecule has 0 aromatic carbocycles. The minimum absolute atomic E-state index is 0.229. The van der Waals surface area contributed by atoms with Gasteiger partial charge in [-0.15, -0.1) is 0 Å². The number of sulfonamides is 1. The van der Waals surface area contributed by atoms with Crippen LogP contribution in [0.3, 0.4) is 0 Å². The van der Waals surface area contributed by atoms with Crippen LogP contribution in [0, 0.1) is 0 Å². The molecule has 1 rings (SSSR count). The molecule has 1 saturated carbocycles. The zero-order valence-electron chi connectivity index (χ0n) is 13.4. The highest BCUT2D eigenvalue weighted by Crippen LogP contribution is 2.26. The molecule has 0 aliphatic heterocycles. The van der Waals surface area contributed by atoms with Crippen molar-refractivity contribution < 1.29 is 8.42 Å². The van der Waals surface area contributed by atoms with Crippen molar-refractivity contribution in [3.8, 4) is 0 Å². The molecule has 6 heteroatoms. The second-order valence-corrected chi connectivity index (χ2v) is 8.16. The summed E-state index contributed by atoms with van der Waals surface area (Å²) in [6.45, 7) is 7.66. The van der Waals surface area contributed by atoms with Crippen molar-refractivity contribution in [3.63, 3.8) is 0 Å². The normalized spacial score (nSPS) is 17.9. The van der Waals surface area contributed by atoms with Crippen LogP contribution < -0.4 is 10.0 Å². The van der Waals surface area contributed by atoms with E-state index in [-0.39, 0.29) is 11.8 Å². The predicted molar refractivity (Wildman–Crippen MR) is 84.4 cm³/mol. The van der Waals surface area contributed by atoms with E-state index in [4.69, 9.17) is 0 Å². The lowest BCUT2D eigenvalue weighted by molar-refractivity contribution is 0.248. The first-order chi connectivity index (χ1) is 9.32. The summed E-state index contributed by atoms with van der Waals surface area (Å²) in [5.41, 5.74) is 0. The molecule has 2 N–H and O–H groups in total. The SMILES string of the molecule is CC(C)NCCCCS(=O)(=O)NCC(C)N(C)C1CC1. The van der Waals surface area contributed by atoms with Crippen molar-refractivity contribution in [2.75, 3.05) is 25.9 Å². The van der Waals surface area contributed by atoms with Gasteiger partial charge < -0.3 is 5.32 Å². The lowest BCUT2D eigenvalue weighted by atomic mass is 10.3. The average Bonchev–Trinajstić information content (AvgIpc) is 3.18. The molecule has 0 aromatic heterocycles. The number of nitrogens with zero attached hydrogens (tertiary/aromatic N) is 1. The van der Waals surface area contributed by atoms with Crippen LogP contribution in [0.5, 0.6) is 0 Å². The second-order valence-electron chi connectivity index (χ2n) is 6.23. The highest BCUT2D eigenvalue weighted by molar-refractivity contribution is 7.89. The average molecular weight is 305 g/mol. The van der Waals surface area contributed by atoms with Crippen molar-refractivity contribution in [1.82, 2.24) is 14.9 Å². The van der Waals surface area contributed by atoms with E-state index >= 15 is 0 Å². The molecule has 20 heavy (non-hydrogen) atoms. The number of unbranched alkanes of at least 4 members (excludes halogenated alkanes) is 1. The van der Waals surface area contributed by atoms with E-state index < -0.39 is 10.0 Å². The maximum atomic E-state index is 11.9. The summed E-state index contributed by atoms with van der Waals surface area (Å²) in [5, 5.41) is 3.29. The lowest BCUT2D eigenvalue weighted by Gasteiger charge is -2.24. The third-order valence-electron chi connectivity index (χ3n) is 3.81. The summed E-state index contributed by atoms with van der Waals surface area (Å²) in [6.07, 6.45) is 4.10. The van der Waals surface area contributed by atoms with E-state index in [1.165, 1.54) is 12.8 Å². The molecule has 0 radical (unpaired) electrons. The largest absolute Gasteiger partial charge is 0.315 e. The van der Waals surface area contributed by atoms with Crippen LogP contribution >= 0.6 is 0 Å². The number of nitrogens with one attached hydrogen (secondary N) is 2. The maximum Gasteiger partial charge on any atom is 0.211 e. The van der Waals surface area contributed by atoms with Crippen LogP contribution in [-0.4, -0.2) is 57.3 Å². The molecule has 1 aliphatic rings. The number of rotatable bonds is 11. The van der Waals surface area contributed by atoms with Crippen LogP contribution in [0.25, 0.3) is 0 Å². The van der Waals surface area contributed by atoms with Gasteiger partial charge in [-0.2, -0.15) is 0 Å². The molecule has 0 heterocycles. The summed E-state index contributed by atoms with van der Waals surface area (Å²) in [5.74, 6) is 0.229. The van der Waals surface area contributed by atoms with Gasteiger partial charge in [0.2, 0.25) is 10.0 Å². The van der Waals surface area contributed by atoms with Crippen LogP contribution in [0.2, 0.25) is 0 Å². The Morgan fingerprint density at radius 2 is 1.85 bits per heavy atom. The number of hydrogen-bond donors (Lipinski definition) is 2. The molecule has 1 fully saturated rings. The molecule has 0 aromatic rings. The lowest BCUT2D eigenvalue weighted by Crippen LogP contribution is -2.41. The molecule has 0 bridgehead atoms. The van der Waals surface area contributed by atoms with Gasteiger partial charge in [-0.1, -0.05) is 13.8 Å². The van der Waals surface area contributed by atoms with Crippen molar-refractivity contribution in [2.45, 2.75) is 64.6 Å². The zero-order chi connectivity index (χ0) is 15.2. The quantitative estimate of drug-likeness (QED) is 0.563. The molecular formula is C14H31N3O2S. The molecule has 5 nitrogen and oxygen atoms in total. The Morgan fingerprint density at radius 3 is 2.40 bits per heavy atom. The van der Waals surface area contributed by atoms with Gasteiger partial charge in [-0.05, 0) is 46.2 Å². The van der Waals surface area contributed by atoms with Gasteiger partial charge in [-0.3, -0.25) is 4.90 Å². The number of hydrogen-bond acceptors (Lipinski definition) is 4. The van der Waals surface area contributed by atoms with Gasteiger partial charge in [0.1, 0.15) is 0 Å². The molecule has 0 amide bonds. The van der Waals surface area contributed by atoms with E-state index in [9.17, 15) is 8.42 Å². The molecule has 120 valence electrons. The first kappa shape index (κ1) is 17.9. The number of likely N-dealkylation sites (N-methyl/N-ethyl adjacent to an activating group) is 1. The van der Waals surface area contributed by atoms with Gasteiger partial charge in [0.25, 0.3) is 0 Å². The van der Waals surface area contributed by atoms with Crippen molar-refractivity contribution in [3.05, 3.63) is 0 Å². The third kappa shape index (κ3) is 7.57. The van der Waals surface area contributed by atoms with E-state index in [2.05, 4.69) is 42.8 Å². The Hall–Kier alpha value is -0.170. The zero-order valence-corrected chi connectivity index (χ0v) is 14.2. The van der Waals surface area contributed by atoms with Crippen molar-refractivity contribution in [2.24, 2.45) is 0 Å². The first-order valence-electron chi connectivity index (χ1n) is 7.74. The molecule has 1 aliphatic carbocycles. The van der Waals surface area contributed by atoms with Gasteiger partial charge in [0.15, 0.2) is 0 Å². The maximum absolute atomic E-state index is 11.9. The Kier molecular flexibility index (Phi) is 7.43. The Labute approximate surface area is 124 Å². The van der Waals surface area contributed by atoms with Gasteiger partial charge in [-0.25, -0.2) is 13.1 Å².